The first kappa shape index (κ1) is 13.9. The highest BCUT2D eigenvalue weighted by molar-refractivity contribution is 9.10. The molecule has 0 N–H and O–H groups in total. The molecule has 5 nitrogen and oxygen atoms in total. The molecule has 0 fully saturated rings. The number of aryl methyl sites for hydroxylation is 1. The predicted octanol–water partition coefficient (Wildman–Crippen LogP) is 3.29. The monoisotopic (exact) mass is 348 g/mol. The van der Waals surface area contributed by atoms with E-state index in [2.05, 4.69) is 21.0 Å². The van der Waals surface area contributed by atoms with Gasteiger partial charge in [0.25, 0.3) is 0 Å². The molecule has 2 heterocycles. The number of nitrogens with zero attached hydrogens (tertiary/aromatic N) is 2. The number of hydrogen-bond acceptors (Lipinski definition) is 4. The fourth-order valence-corrected chi connectivity index (χ4v) is 2.44. The van der Waals surface area contributed by atoms with Crippen LogP contribution in [0, 0.1) is 0 Å². The second-order valence-electron chi connectivity index (χ2n) is 4.48. The average molecular weight is 349 g/mol. The van der Waals surface area contributed by atoms with Gasteiger partial charge in [0, 0.05) is 18.3 Å². The number of benzene rings is 1. The lowest BCUT2D eigenvalue weighted by Gasteiger charge is -1.98. The van der Waals surface area contributed by atoms with E-state index in [0.717, 1.165) is 16.7 Å². The summed E-state index contributed by atoms with van der Waals surface area (Å²) in [6, 6.07) is 5.15. The topological polar surface area (TPSA) is 53.4 Å². The molecule has 0 unspecified atom stereocenters. The van der Waals surface area contributed by atoms with Crippen LogP contribution in [0.15, 0.2) is 34.9 Å². The van der Waals surface area contributed by atoms with Gasteiger partial charge >= 0.3 is 0 Å². The fourth-order valence-electron chi connectivity index (χ4n) is 1.99. The Bertz CT molecular complexity index is 722. The van der Waals surface area contributed by atoms with Crippen molar-refractivity contribution in [1.82, 2.24) is 9.78 Å². The molecule has 6 heteroatoms. The van der Waals surface area contributed by atoms with Crippen molar-refractivity contribution in [2.45, 2.75) is 13.5 Å². The SMILES string of the molecule is CCn1cc(Br)c(/C=C/C(=O)c2ccc3c(c2)OCO3)n1. The molecule has 0 saturated heterocycles. The Balaban J connectivity index is 1.79. The number of aromatic nitrogens is 2. The van der Waals surface area contributed by atoms with Crippen LogP contribution < -0.4 is 9.47 Å². The van der Waals surface area contributed by atoms with Gasteiger partial charge < -0.3 is 9.47 Å². The van der Waals surface area contributed by atoms with Crippen molar-refractivity contribution >= 4 is 27.8 Å². The predicted molar refractivity (Wildman–Crippen MR) is 81.5 cm³/mol. The first-order valence-corrected chi connectivity index (χ1v) is 7.31. The molecule has 2 aromatic rings. The summed E-state index contributed by atoms with van der Waals surface area (Å²) in [4.78, 5) is 12.2. The van der Waals surface area contributed by atoms with Crippen LogP contribution >= 0.6 is 15.9 Å². The van der Waals surface area contributed by atoms with Gasteiger partial charge in [0.2, 0.25) is 6.79 Å². The summed E-state index contributed by atoms with van der Waals surface area (Å²) in [5, 5.41) is 4.34. The van der Waals surface area contributed by atoms with E-state index in [-0.39, 0.29) is 12.6 Å². The highest BCUT2D eigenvalue weighted by Gasteiger charge is 2.15. The zero-order chi connectivity index (χ0) is 14.8. The summed E-state index contributed by atoms with van der Waals surface area (Å²) in [5.41, 5.74) is 1.28. The van der Waals surface area contributed by atoms with E-state index in [0.29, 0.717) is 17.1 Å². The maximum atomic E-state index is 12.2. The third-order valence-electron chi connectivity index (χ3n) is 3.12. The number of hydrogen-bond donors (Lipinski definition) is 0. The lowest BCUT2D eigenvalue weighted by molar-refractivity contribution is 0.104. The van der Waals surface area contributed by atoms with E-state index >= 15 is 0 Å². The number of halogens is 1. The van der Waals surface area contributed by atoms with E-state index < -0.39 is 0 Å². The van der Waals surface area contributed by atoms with Crippen LogP contribution in [-0.4, -0.2) is 22.4 Å². The van der Waals surface area contributed by atoms with E-state index in [9.17, 15) is 4.79 Å². The van der Waals surface area contributed by atoms with Gasteiger partial charge in [-0.2, -0.15) is 5.10 Å². The molecular weight excluding hydrogens is 336 g/mol. The van der Waals surface area contributed by atoms with Gasteiger partial charge in [-0.1, -0.05) is 0 Å². The molecule has 0 atom stereocenters. The van der Waals surface area contributed by atoms with Crippen molar-refractivity contribution in [3.63, 3.8) is 0 Å². The molecule has 1 aromatic carbocycles. The van der Waals surface area contributed by atoms with Gasteiger partial charge in [0.1, 0.15) is 0 Å². The van der Waals surface area contributed by atoms with E-state index in [4.69, 9.17) is 9.47 Å². The van der Waals surface area contributed by atoms with Crippen LogP contribution in [0.4, 0.5) is 0 Å². The minimum atomic E-state index is -0.105. The first-order valence-electron chi connectivity index (χ1n) is 6.52. The molecule has 0 radical (unpaired) electrons. The van der Waals surface area contributed by atoms with Crippen LogP contribution in [0.1, 0.15) is 23.0 Å². The lowest BCUT2D eigenvalue weighted by atomic mass is 10.1. The number of ether oxygens (including phenoxy) is 2. The van der Waals surface area contributed by atoms with Crippen LogP contribution in [0.3, 0.4) is 0 Å². The first-order chi connectivity index (χ1) is 10.2. The quantitative estimate of drug-likeness (QED) is 0.628. The Morgan fingerprint density at radius 2 is 2.24 bits per heavy atom. The Morgan fingerprint density at radius 3 is 3.00 bits per heavy atom. The number of carbonyl (C=O) groups is 1. The van der Waals surface area contributed by atoms with E-state index in [1.54, 1.807) is 29.0 Å². The van der Waals surface area contributed by atoms with Crippen molar-refractivity contribution in [2.24, 2.45) is 0 Å². The van der Waals surface area contributed by atoms with Crippen molar-refractivity contribution in [3.05, 3.63) is 46.2 Å². The Morgan fingerprint density at radius 1 is 1.43 bits per heavy atom. The summed E-state index contributed by atoms with van der Waals surface area (Å²) < 4.78 is 13.2. The smallest absolute Gasteiger partial charge is 0.231 e. The van der Waals surface area contributed by atoms with Gasteiger partial charge in [0.15, 0.2) is 17.3 Å². The average Bonchev–Trinajstić information content (AvgIpc) is 3.10. The van der Waals surface area contributed by atoms with Crippen molar-refractivity contribution < 1.29 is 14.3 Å². The zero-order valence-corrected chi connectivity index (χ0v) is 13.0. The number of ketones is 1. The number of carbonyl (C=O) groups excluding carboxylic acids is 1. The number of fused-ring (bicyclic) bond motifs is 1. The normalized spacial score (nSPS) is 13.0. The van der Waals surface area contributed by atoms with Crippen molar-refractivity contribution in [2.75, 3.05) is 6.79 Å². The van der Waals surface area contributed by atoms with Gasteiger partial charge in [-0.15, -0.1) is 0 Å². The van der Waals surface area contributed by atoms with Gasteiger partial charge in [-0.3, -0.25) is 9.48 Å². The second kappa shape index (κ2) is 5.73. The fraction of sp³-hybridized carbons (Fsp3) is 0.200. The minimum Gasteiger partial charge on any atom is -0.454 e. The van der Waals surface area contributed by atoms with Gasteiger partial charge in [-0.05, 0) is 53.2 Å². The molecule has 21 heavy (non-hydrogen) atoms. The molecule has 1 aliphatic heterocycles. The lowest BCUT2D eigenvalue weighted by Crippen LogP contribution is -1.95. The van der Waals surface area contributed by atoms with Crippen LogP contribution in [0.25, 0.3) is 6.08 Å². The molecule has 1 aromatic heterocycles. The molecule has 0 saturated carbocycles. The highest BCUT2D eigenvalue weighted by Crippen LogP contribution is 2.32. The molecule has 0 bridgehead atoms. The van der Waals surface area contributed by atoms with E-state index in [1.165, 1.54) is 6.08 Å². The summed E-state index contributed by atoms with van der Waals surface area (Å²) in [6.45, 7) is 2.98. The number of allylic oxidation sites excluding steroid dienone is 1. The standard InChI is InChI=1S/C15H13BrN2O3/c1-2-18-8-11(16)12(17-18)4-5-13(19)10-3-6-14-15(7-10)21-9-20-14/h3-8H,2,9H2,1H3/b5-4+. The summed E-state index contributed by atoms with van der Waals surface area (Å²) >= 11 is 3.42. The van der Waals surface area contributed by atoms with Gasteiger partial charge in [0.05, 0.1) is 10.2 Å². The molecule has 0 amide bonds. The molecular formula is C15H13BrN2O3. The Kier molecular flexibility index (Phi) is 3.79. The second-order valence-corrected chi connectivity index (χ2v) is 5.34. The zero-order valence-electron chi connectivity index (χ0n) is 11.4. The van der Waals surface area contributed by atoms with Crippen molar-refractivity contribution in [1.29, 1.82) is 0 Å². The largest absolute Gasteiger partial charge is 0.454 e. The molecule has 108 valence electrons. The Labute approximate surface area is 130 Å². The highest BCUT2D eigenvalue weighted by atomic mass is 79.9. The van der Waals surface area contributed by atoms with Crippen molar-refractivity contribution in [3.8, 4) is 11.5 Å². The summed E-state index contributed by atoms with van der Waals surface area (Å²) in [7, 11) is 0. The maximum absolute atomic E-state index is 12.2. The van der Waals surface area contributed by atoms with Crippen LogP contribution in [0.2, 0.25) is 0 Å². The molecule has 1 aliphatic rings. The third-order valence-corrected chi connectivity index (χ3v) is 3.73. The molecule has 0 spiro atoms. The van der Waals surface area contributed by atoms with Crippen LogP contribution in [0.5, 0.6) is 11.5 Å². The maximum Gasteiger partial charge on any atom is 0.231 e. The molecule has 0 aliphatic carbocycles. The minimum absolute atomic E-state index is 0.105. The third kappa shape index (κ3) is 2.85. The summed E-state index contributed by atoms with van der Waals surface area (Å²) in [5.74, 6) is 1.16. The number of rotatable bonds is 4. The van der Waals surface area contributed by atoms with E-state index in [1.807, 2.05) is 13.1 Å². The van der Waals surface area contributed by atoms with Gasteiger partial charge in [-0.25, -0.2) is 0 Å². The summed E-state index contributed by atoms with van der Waals surface area (Å²) in [6.07, 6.45) is 5.08. The van der Waals surface area contributed by atoms with Crippen LogP contribution in [-0.2, 0) is 6.54 Å². The molecule has 3 rings (SSSR count). The Hall–Kier alpha value is -2.08.